The number of thiophene rings is 1. The van der Waals surface area contributed by atoms with E-state index in [0.29, 0.717) is 9.75 Å². The number of carbonyl (C=O) groups excluding carboxylic acids is 1. The fourth-order valence-corrected chi connectivity index (χ4v) is 2.47. The van der Waals surface area contributed by atoms with Gasteiger partial charge in [0.05, 0.1) is 22.7 Å². The smallest absolute Gasteiger partial charge is 0.341 e. The van der Waals surface area contributed by atoms with Crippen molar-refractivity contribution in [3.63, 3.8) is 0 Å². The number of carbonyl (C=O) groups is 1. The third-order valence-electron chi connectivity index (χ3n) is 2.51. The van der Waals surface area contributed by atoms with E-state index in [0.717, 1.165) is 10.5 Å². The predicted molar refractivity (Wildman–Crippen MR) is 72.6 cm³/mol. The Morgan fingerprint density at radius 1 is 1.50 bits per heavy atom. The number of halogens is 3. The molecule has 0 aliphatic rings. The molecule has 0 aliphatic carbocycles. The first kappa shape index (κ1) is 16.5. The molecule has 0 saturated carbocycles. The normalized spacial score (nSPS) is 10.9. The second kappa shape index (κ2) is 6.77. The van der Waals surface area contributed by atoms with Gasteiger partial charge in [0.1, 0.15) is 0 Å². The van der Waals surface area contributed by atoms with Crippen LogP contribution in [0.1, 0.15) is 26.5 Å². The molecule has 1 rings (SSSR count). The molecule has 1 aromatic rings. The van der Waals surface area contributed by atoms with Crippen LogP contribution in [0.4, 0.5) is 13.2 Å². The lowest BCUT2D eigenvalue weighted by Gasteiger charge is -2.17. The number of alkyl halides is 3. The molecule has 0 aliphatic heterocycles. The number of hydrogen-bond donors (Lipinski definition) is 1. The summed E-state index contributed by atoms with van der Waals surface area (Å²) in [5.41, 5.74) is 6.09. The first-order valence-electron chi connectivity index (χ1n) is 5.86. The first-order valence-corrected chi connectivity index (χ1v) is 6.68. The Hall–Kier alpha value is -1.52. The molecule has 110 valence electrons. The predicted octanol–water partition coefficient (Wildman–Crippen LogP) is 2.39. The summed E-state index contributed by atoms with van der Waals surface area (Å²) >= 11 is 1.17. The van der Waals surface area contributed by atoms with E-state index in [1.165, 1.54) is 18.4 Å². The van der Waals surface area contributed by atoms with E-state index in [-0.39, 0.29) is 13.1 Å². The molecule has 0 atom stereocenters. The summed E-state index contributed by atoms with van der Waals surface area (Å²) < 4.78 is 36.4. The number of hydrogen-bond acceptors (Lipinski definition) is 3. The zero-order valence-electron chi connectivity index (χ0n) is 11.2. The third-order valence-corrected chi connectivity index (χ3v) is 3.65. The van der Waals surface area contributed by atoms with Crippen LogP contribution >= 0.6 is 11.3 Å². The molecule has 1 amide bonds. The molecule has 0 radical (unpaired) electrons. The maximum absolute atomic E-state index is 12.1. The second-order valence-electron chi connectivity index (χ2n) is 4.22. The van der Waals surface area contributed by atoms with E-state index in [1.54, 1.807) is 13.0 Å². The Labute approximate surface area is 119 Å². The molecule has 1 heterocycles. The quantitative estimate of drug-likeness (QED) is 0.872. The Morgan fingerprint density at radius 2 is 2.15 bits per heavy atom. The van der Waals surface area contributed by atoms with Crippen LogP contribution in [-0.2, 0) is 0 Å². The third kappa shape index (κ3) is 4.87. The molecule has 1 aromatic heterocycles. The van der Waals surface area contributed by atoms with Crippen molar-refractivity contribution in [3.05, 3.63) is 21.4 Å². The Kier molecular flexibility index (Phi) is 5.60. The highest BCUT2D eigenvalue weighted by atomic mass is 32.1. The molecule has 20 heavy (non-hydrogen) atoms. The summed E-state index contributed by atoms with van der Waals surface area (Å²) in [6, 6.07) is 1.64. The molecule has 3 nitrogen and oxygen atoms in total. The van der Waals surface area contributed by atoms with Crippen LogP contribution in [0.5, 0.6) is 0 Å². The average Bonchev–Trinajstić information content (AvgIpc) is 2.73. The van der Waals surface area contributed by atoms with Gasteiger partial charge >= 0.3 is 6.18 Å². The van der Waals surface area contributed by atoms with E-state index in [9.17, 15) is 18.0 Å². The fourth-order valence-electron chi connectivity index (χ4n) is 1.43. The van der Waals surface area contributed by atoms with Gasteiger partial charge in [-0.1, -0.05) is 11.8 Å². The molecule has 2 N–H and O–H groups in total. The standard InChI is InChI=1S/C13H15F3N2OS/c1-9-8-11(20-10(9)4-3-6-17)12(19)18(2)7-5-13(14,15)16/h8H,5-7,17H2,1-2H3. The van der Waals surface area contributed by atoms with Crippen molar-refractivity contribution >= 4 is 17.2 Å². The monoisotopic (exact) mass is 304 g/mol. The average molecular weight is 304 g/mol. The van der Waals surface area contributed by atoms with E-state index in [4.69, 9.17) is 5.73 Å². The van der Waals surface area contributed by atoms with Crippen molar-refractivity contribution < 1.29 is 18.0 Å². The molecule has 0 bridgehead atoms. The van der Waals surface area contributed by atoms with Crippen LogP contribution in [0.25, 0.3) is 0 Å². The topological polar surface area (TPSA) is 46.3 Å². The van der Waals surface area contributed by atoms with Gasteiger partial charge in [0, 0.05) is 13.6 Å². The van der Waals surface area contributed by atoms with E-state index < -0.39 is 18.5 Å². The van der Waals surface area contributed by atoms with Gasteiger partial charge in [-0.05, 0) is 18.6 Å². The highest BCUT2D eigenvalue weighted by molar-refractivity contribution is 7.14. The maximum atomic E-state index is 12.1. The Morgan fingerprint density at radius 3 is 2.70 bits per heavy atom. The summed E-state index contributed by atoms with van der Waals surface area (Å²) in [6.07, 6.45) is -5.28. The summed E-state index contributed by atoms with van der Waals surface area (Å²) in [4.78, 5) is 14.2. The van der Waals surface area contributed by atoms with Gasteiger partial charge in [-0.3, -0.25) is 4.79 Å². The van der Waals surface area contributed by atoms with E-state index in [1.807, 2.05) is 0 Å². The van der Waals surface area contributed by atoms with Crippen molar-refractivity contribution in [2.45, 2.75) is 19.5 Å². The van der Waals surface area contributed by atoms with Gasteiger partial charge in [0.2, 0.25) is 0 Å². The Bertz CT molecular complexity index is 540. The van der Waals surface area contributed by atoms with Crippen molar-refractivity contribution in [3.8, 4) is 11.8 Å². The lowest BCUT2D eigenvalue weighted by atomic mass is 10.2. The minimum Gasteiger partial charge on any atom is -0.341 e. The van der Waals surface area contributed by atoms with Crippen LogP contribution in [0, 0.1) is 18.8 Å². The number of nitrogens with two attached hydrogens (primary N) is 1. The van der Waals surface area contributed by atoms with Gasteiger partial charge in [-0.2, -0.15) is 13.2 Å². The van der Waals surface area contributed by atoms with Gasteiger partial charge < -0.3 is 10.6 Å². The summed E-state index contributed by atoms with van der Waals surface area (Å²) in [6.45, 7) is 1.65. The molecular formula is C13H15F3N2OS. The lowest BCUT2D eigenvalue weighted by molar-refractivity contribution is -0.136. The SMILES string of the molecule is Cc1cc(C(=O)N(C)CCC(F)(F)F)sc1C#CCN. The fraction of sp³-hybridized carbons (Fsp3) is 0.462. The van der Waals surface area contributed by atoms with Crippen molar-refractivity contribution in [1.29, 1.82) is 0 Å². The number of aryl methyl sites for hydroxylation is 1. The van der Waals surface area contributed by atoms with E-state index >= 15 is 0 Å². The largest absolute Gasteiger partial charge is 0.390 e. The van der Waals surface area contributed by atoms with Gasteiger partial charge in [-0.25, -0.2) is 0 Å². The first-order chi connectivity index (χ1) is 9.24. The van der Waals surface area contributed by atoms with Crippen molar-refractivity contribution in [2.24, 2.45) is 5.73 Å². The molecule has 0 saturated heterocycles. The summed E-state index contributed by atoms with van der Waals surface area (Å²) in [7, 11) is 1.36. The molecule has 7 heteroatoms. The molecule has 0 aromatic carbocycles. The van der Waals surface area contributed by atoms with Crippen molar-refractivity contribution in [1.82, 2.24) is 4.90 Å². The van der Waals surface area contributed by atoms with E-state index in [2.05, 4.69) is 11.8 Å². The number of amides is 1. The number of nitrogens with zero attached hydrogens (tertiary/aromatic N) is 1. The second-order valence-corrected chi connectivity index (χ2v) is 5.27. The van der Waals surface area contributed by atoms with Crippen LogP contribution in [0.15, 0.2) is 6.07 Å². The van der Waals surface area contributed by atoms with Crippen LogP contribution in [-0.4, -0.2) is 37.1 Å². The van der Waals surface area contributed by atoms with Crippen LogP contribution < -0.4 is 5.73 Å². The summed E-state index contributed by atoms with van der Waals surface area (Å²) in [5.74, 6) is 5.09. The molecule has 0 spiro atoms. The zero-order chi connectivity index (χ0) is 15.3. The zero-order valence-corrected chi connectivity index (χ0v) is 12.0. The van der Waals surface area contributed by atoms with Gasteiger partial charge in [-0.15, -0.1) is 11.3 Å². The van der Waals surface area contributed by atoms with Gasteiger partial charge in [0.15, 0.2) is 0 Å². The van der Waals surface area contributed by atoms with Crippen LogP contribution in [0.2, 0.25) is 0 Å². The molecular weight excluding hydrogens is 289 g/mol. The lowest BCUT2D eigenvalue weighted by Crippen LogP contribution is -2.30. The maximum Gasteiger partial charge on any atom is 0.390 e. The highest BCUT2D eigenvalue weighted by Crippen LogP contribution is 2.23. The minimum absolute atomic E-state index is 0.214. The summed E-state index contributed by atoms with van der Waals surface area (Å²) in [5, 5.41) is 0. The molecule has 0 fully saturated rings. The number of rotatable bonds is 3. The minimum atomic E-state index is -4.27. The van der Waals surface area contributed by atoms with Gasteiger partial charge in [0.25, 0.3) is 5.91 Å². The van der Waals surface area contributed by atoms with Crippen molar-refractivity contribution in [2.75, 3.05) is 20.1 Å². The molecule has 0 unspecified atom stereocenters. The highest BCUT2D eigenvalue weighted by Gasteiger charge is 2.28. The van der Waals surface area contributed by atoms with Crippen LogP contribution in [0.3, 0.4) is 0 Å². The Balaban J connectivity index is 2.77.